The van der Waals surface area contributed by atoms with Gasteiger partial charge in [-0.15, -0.1) is 0 Å². The summed E-state index contributed by atoms with van der Waals surface area (Å²) in [6.07, 6.45) is -0.536. The Labute approximate surface area is 139 Å². The van der Waals surface area contributed by atoms with Crippen molar-refractivity contribution in [1.82, 2.24) is 4.90 Å². The molecule has 0 heterocycles. The number of nitrogens with one attached hydrogen (secondary N) is 1. The molecule has 1 rings (SSSR count). The zero-order chi connectivity index (χ0) is 17.4. The molecule has 1 unspecified atom stereocenters. The summed E-state index contributed by atoms with van der Waals surface area (Å²) in [5.74, 6) is 1.14. The molecule has 1 atom stereocenters. The molecule has 0 saturated carbocycles. The van der Waals surface area contributed by atoms with E-state index in [0.29, 0.717) is 24.3 Å². The number of carbonyl (C=O) groups excluding carboxylic acids is 1. The molecule has 1 aromatic carbocycles. The van der Waals surface area contributed by atoms with Crippen LogP contribution in [0.1, 0.15) is 34.6 Å². The van der Waals surface area contributed by atoms with Crippen molar-refractivity contribution in [3.05, 3.63) is 24.3 Å². The maximum atomic E-state index is 11.0. The van der Waals surface area contributed by atoms with E-state index < -0.39 is 6.10 Å². The number of amides is 1. The first-order valence-electron chi connectivity index (χ1n) is 8.20. The average molecular weight is 322 g/mol. The van der Waals surface area contributed by atoms with Crippen molar-refractivity contribution in [2.75, 3.05) is 25.0 Å². The van der Waals surface area contributed by atoms with E-state index in [4.69, 9.17) is 4.74 Å². The summed E-state index contributed by atoms with van der Waals surface area (Å²) in [6.45, 7) is 11.9. The fourth-order valence-electron chi connectivity index (χ4n) is 2.32. The van der Waals surface area contributed by atoms with Gasteiger partial charge >= 0.3 is 0 Å². The summed E-state index contributed by atoms with van der Waals surface area (Å²) in [7, 11) is 0. The van der Waals surface area contributed by atoms with Crippen LogP contribution in [0.5, 0.6) is 5.75 Å². The Morgan fingerprint density at radius 1 is 1.17 bits per heavy atom. The molecule has 0 saturated heterocycles. The van der Waals surface area contributed by atoms with Gasteiger partial charge in [0.2, 0.25) is 5.91 Å². The standard InChI is InChI=1S/C18H30N2O3/c1-13(2)10-20(14(3)4)11-17(22)12-23-18-8-6-16(7-9-18)19-15(5)21/h6-9,13-14,17,22H,10-12H2,1-5H3,(H,19,21). The Morgan fingerprint density at radius 2 is 1.78 bits per heavy atom. The molecule has 23 heavy (non-hydrogen) atoms. The van der Waals surface area contributed by atoms with E-state index in [0.717, 1.165) is 12.2 Å². The van der Waals surface area contributed by atoms with Crippen LogP contribution >= 0.6 is 0 Å². The lowest BCUT2D eigenvalue weighted by molar-refractivity contribution is -0.114. The van der Waals surface area contributed by atoms with E-state index in [1.54, 1.807) is 24.3 Å². The highest BCUT2D eigenvalue weighted by Gasteiger charge is 2.16. The minimum absolute atomic E-state index is 0.104. The van der Waals surface area contributed by atoms with Gasteiger partial charge in [0.05, 0.1) is 0 Å². The molecular formula is C18H30N2O3. The zero-order valence-corrected chi connectivity index (χ0v) is 14.9. The van der Waals surface area contributed by atoms with Crippen LogP contribution in [0.2, 0.25) is 0 Å². The summed E-state index contributed by atoms with van der Waals surface area (Å²) in [5, 5.41) is 12.9. The molecule has 5 heteroatoms. The first kappa shape index (κ1) is 19.5. The molecule has 130 valence electrons. The Balaban J connectivity index is 2.45. The number of carbonyl (C=O) groups is 1. The Kier molecular flexibility index (Phi) is 8.06. The van der Waals surface area contributed by atoms with Crippen LogP contribution in [0.3, 0.4) is 0 Å². The molecule has 0 bridgehead atoms. The van der Waals surface area contributed by atoms with Gasteiger partial charge < -0.3 is 15.2 Å². The highest BCUT2D eigenvalue weighted by molar-refractivity contribution is 5.88. The fourth-order valence-corrected chi connectivity index (χ4v) is 2.32. The van der Waals surface area contributed by atoms with Crippen molar-refractivity contribution in [2.24, 2.45) is 5.92 Å². The van der Waals surface area contributed by atoms with Gasteiger partial charge in [-0.2, -0.15) is 0 Å². The quantitative estimate of drug-likeness (QED) is 0.734. The van der Waals surface area contributed by atoms with E-state index in [9.17, 15) is 9.90 Å². The molecule has 0 aromatic heterocycles. The van der Waals surface area contributed by atoms with E-state index >= 15 is 0 Å². The third-order valence-electron chi connectivity index (χ3n) is 3.39. The molecule has 0 fully saturated rings. The maximum Gasteiger partial charge on any atom is 0.221 e. The Hall–Kier alpha value is -1.59. The van der Waals surface area contributed by atoms with Crippen molar-refractivity contribution in [2.45, 2.75) is 46.8 Å². The van der Waals surface area contributed by atoms with Crippen LogP contribution in [0.25, 0.3) is 0 Å². The minimum atomic E-state index is -0.536. The van der Waals surface area contributed by atoms with Crippen molar-refractivity contribution in [1.29, 1.82) is 0 Å². The van der Waals surface area contributed by atoms with Crippen molar-refractivity contribution in [3.8, 4) is 5.75 Å². The first-order chi connectivity index (χ1) is 10.8. The lowest BCUT2D eigenvalue weighted by Gasteiger charge is -2.30. The number of nitrogens with zero attached hydrogens (tertiary/aromatic N) is 1. The summed E-state index contributed by atoms with van der Waals surface area (Å²) in [5.41, 5.74) is 0.730. The molecule has 2 N–H and O–H groups in total. The Bertz CT molecular complexity index is 472. The summed E-state index contributed by atoms with van der Waals surface area (Å²) < 4.78 is 5.62. The number of ether oxygens (including phenoxy) is 1. The lowest BCUT2D eigenvalue weighted by atomic mass is 10.1. The number of aliphatic hydroxyl groups is 1. The maximum absolute atomic E-state index is 11.0. The van der Waals surface area contributed by atoms with Crippen molar-refractivity contribution < 1.29 is 14.6 Å². The van der Waals surface area contributed by atoms with E-state index in [2.05, 4.69) is 37.9 Å². The smallest absolute Gasteiger partial charge is 0.221 e. The predicted octanol–water partition coefficient (Wildman–Crippen LogP) is 2.75. The van der Waals surface area contributed by atoms with E-state index in [-0.39, 0.29) is 12.5 Å². The molecule has 0 aliphatic rings. The predicted molar refractivity (Wildman–Crippen MR) is 93.8 cm³/mol. The minimum Gasteiger partial charge on any atom is -0.491 e. The van der Waals surface area contributed by atoms with Gasteiger partial charge in [-0.3, -0.25) is 9.69 Å². The first-order valence-corrected chi connectivity index (χ1v) is 8.20. The highest BCUT2D eigenvalue weighted by Crippen LogP contribution is 2.16. The number of hydrogen-bond donors (Lipinski definition) is 2. The second kappa shape index (κ2) is 9.53. The molecule has 5 nitrogen and oxygen atoms in total. The van der Waals surface area contributed by atoms with Gasteiger partial charge in [-0.05, 0) is 44.0 Å². The van der Waals surface area contributed by atoms with E-state index in [1.165, 1.54) is 6.92 Å². The Morgan fingerprint density at radius 3 is 2.26 bits per heavy atom. The molecule has 0 aliphatic carbocycles. The average Bonchev–Trinajstić information content (AvgIpc) is 2.44. The van der Waals surface area contributed by atoms with Crippen LogP contribution in [-0.4, -0.2) is 47.8 Å². The van der Waals surface area contributed by atoms with Gasteiger partial charge in [0.15, 0.2) is 0 Å². The van der Waals surface area contributed by atoms with E-state index in [1.807, 2.05) is 0 Å². The van der Waals surface area contributed by atoms with Crippen LogP contribution in [0.4, 0.5) is 5.69 Å². The summed E-state index contributed by atoms with van der Waals surface area (Å²) >= 11 is 0. The van der Waals surface area contributed by atoms with Gasteiger partial charge in [0, 0.05) is 31.7 Å². The molecule has 0 aliphatic heterocycles. The normalized spacial score (nSPS) is 12.7. The number of aliphatic hydroxyl groups excluding tert-OH is 1. The van der Waals surface area contributed by atoms with Gasteiger partial charge in [0.1, 0.15) is 18.5 Å². The number of anilines is 1. The molecular weight excluding hydrogens is 292 g/mol. The summed E-state index contributed by atoms with van der Waals surface area (Å²) in [6, 6.07) is 7.52. The number of benzene rings is 1. The summed E-state index contributed by atoms with van der Waals surface area (Å²) in [4.78, 5) is 13.2. The van der Waals surface area contributed by atoms with Crippen molar-refractivity contribution >= 4 is 11.6 Å². The molecule has 1 amide bonds. The van der Waals surface area contributed by atoms with Crippen molar-refractivity contribution in [3.63, 3.8) is 0 Å². The monoisotopic (exact) mass is 322 g/mol. The molecule has 0 spiro atoms. The number of hydrogen-bond acceptors (Lipinski definition) is 4. The highest BCUT2D eigenvalue weighted by atomic mass is 16.5. The molecule has 0 radical (unpaired) electrons. The topological polar surface area (TPSA) is 61.8 Å². The SMILES string of the molecule is CC(=O)Nc1ccc(OCC(O)CN(CC(C)C)C(C)C)cc1. The van der Waals surface area contributed by atoms with Crippen LogP contribution in [-0.2, 0) is 4.79 Å². The van der Waals surface area contributed by atoms with Crippen LogP contribution in [0, 0.1) is 5.92 Å². The third kappa shape index (κ3) is 8.00. The van der Waals surface area contributed by atoms with Gasteiger partial charge in [-0.1, -0.05) is 13.8 Å². The van der Waals surface area contributed by atoms with Gasteiger partial charge in [-0.25, -0.2) is 0 Å². The molecule has 1 aromatic rings. The van der Waals surface area contributed by atoms with Gasteiger partial charge in [0.25, 0.3) is 0 Å². The lowest BCUT2D eigenvalue weighted by Crippen LogP contribution is -2.41. The fraction of sp³-hybridized carbons (Fsp3) is 0.611. The zero-order valence-electron chi connectivity index (χ0n) is 14.9. The number of rotatable bonds is 9. The van der Waals surface area contributed by atoms with Crippen LogP contribution in [0.15, 0.2) is 24.3 Å². The van der Waals surface area contributed by atoms with Crippen LogP contribution < -0.4 is 10.1 Å². The second-order valence-corrected chi connectivity index (χ2v) is 6.61. The third-order valence-corrected chi connectivity index (χ3v) is 3.39. The largest absolute Gasteiger partial charge is 0.491 e. The second-order valence-electron chi connectivity index (χ2n) is 6.61.